The number of hydrogen-bond acceptors (Lipinski definition) is 3. The highest BCUT2D eigenvalue weighted by atomic mass is 15.0. The van der Waals surface area contributed by atoms with Crippen LogP contribution in [0.3, 0.4) is 0 Å². The van der Waals surface area contributed by atoms with Gasteiger partial charge in [-0.3, -0.25) is 0 Å². The molecule has 0 unspecified atom stereocenters. The van der Waals surface area contributed by atoms with Crippen LogP contribution in [0.4, 0.5) is 0 Å². The molecule has 0 saturated heterocycles. The molecule has 0 amide bonds. The van der Waals surface area contributed by atoms with Crippen LogP contribution >= 0.6 is 0 Å². The second kappa shape index (κ2) is 17.1. The van der Waals surface area contributed by atoms with Crippen LogP contribution < -0.4 is 0 Å². The molecule has 0 fully saturated rings. The van der Waals surface area contributed by atoms with Gasteiger partial charge in [-0.25, -0.2) is 15.0 Å². The Morgan fingerprint density at radius 1 is 0.236 bits per heavy atom. The van der Waals surface area contributed by atoms with Crippen molar-refractivity contribution in [1.29, 1.82) is 0 Å². The zero-order valence-electron chi connectivity index (χ0n) is 39.1. The van der Waals surface area contributed by atoms with E-state index in [2.05, 4.69) is 252 Å². The first-order chi connectivity index (χ1) is 35.7. The normalized spacial score (nSPS) is 11.6. The van der Waals surface area contributed by atoms with Crippen molar-refractivity contribution >= 4 is 54.4 Å². The summed E-state index contributed by atoms with van der Waals surface area (Å²) in [6, 6.07) is 93.1. The van der Waals surface area contributed by atoms with Crippen LogP contribution in [-0.4, -0.2) is 24.1 Å². The first-order valence-corrected chi connectivity index (χ1v) is 24.4. The van der Waals surface area contributed by atoms with E-state index in [1.54, 1.807) is 0 Å². The van der Waals surface area contributed by atoms with Crippen molar-refractivity contribution in [3.63, 3.8) is 0 Å². The monoisotopic (exact) mass is 917 g/mol. The molecule has 5 nitrogen and oxygen atoms in total. The molecule has 0 aliphatic carbocycles. The summed E-state index contributed by atoms with van der Waals surface area (Å²) in [6.07, 6.45) is 0. The molecule has 0 saturated carbocycles. The van der Waals surface area contributed by atoms with Gasteiger partial charge in [-0.2, -0.15) is 0 Å². The number of hydrogen-bond donors (Lipinski definition) is 0. The summed E-state index contributed by atoms with van der Waals surface area (Å²) in [5, 5.41) is 7.12. The SMILES string of the molecule is c1ccc(-c2nc(-c3ccc(-n4c5ccccc5c5ccccc54)c(-c4ccccc4)c3)nc(-c3ccc4ccc(-c5cccc(-c6ccccc6)c5-n5c6ccccc6c6ccccc65)cc4c3)n2)cc1. The first-order valence-electron chi connectivity index (χ1n) is 24.4. The third-order valence-electron chi connectivity index (χ3n) is 14.2. The van der Waals surface area contributed by atoms with Gasteiger partial charge in [0.15, 0.2) is 17.5 Å². The Bertz CT molecular complexity index is 4270. The highest BCUT2D eigenvalue weighted by Gasteiger charge is 2.22. The Labute approximate surface area is 416 Å². The second-order valence-electron chi connectivity index (χ2n) is 18.4. The standard InChI is InChI=1S/C67H43N5/c1-4-19-45(20-5-1)52-29-18-30-53(64(52)72-61-33-16-12-27-56(61)57-28-13-17-34-62(57)72)48-37-35-44-36-38-49(42-51(44)41-48)66-68-65(47-23-8-3-9-24-47)69-67(70-66)50-39-40-63(58(43-50)46-21-6-2-7-22-46)71-59-31-14-10-25-54(59)55-26-11-15-32-60(55)71/h1-43H. The zero-order valence-corrected chi connectivity index (χ0v) is 39.1. The van der Waals surface area contributed by atoms with E-state index >= 15 is 0 Å². The second-order valence-corrected chi connectivity index (χ2v) is 18.4. The van der Waals surface area contributed by atoms with E-state index in [0.29, 0.717) is 17.5 Å². The maximum Gasteiger partial charge on any atom is 0.164 e. The van der Waals surface area contributed by atoms with Gasteiger partial charge in [-0.05, 0) is 82.1 Å². The molecule has 0 aliphatic rings. The van der Waals surface area contributed by atoms with Gasteiger partial charge in [0.1, 0.15) is 0 Å². The Hall–Kier alpha value is -9.71. The lowest BCUT2D eigenvalue weighted by Gasteiger charge is -2.19. The summed E-state index contributed by atoms with van der Waals surface area (Å²) >= 11 is 0. The lowest BCUT2D eigenvalue weighted by Crippen LogP contribution is -2.02. The van der Waals surface area contributed by atoms with Crippen molar-refractivity contribution in [1.82, 2.24) is 24.1 Å². The summed E-state index contributed by atoms with van der Waals surface area (Å²) < 4.78 is 4.84. The Morgan fingerprint density at radius 2 is 0.625 bits per heavy atom. The summed E-state index contributed by atoms with van der Waals surface area (Å²) in [4.78, 5) is 15.8. The van der Waals surface area contributed by atoms with Crippen LogP contribution in [-0.2, 0) is 0 Å². The maximum atomic E-state index is 5.33. The van der Waals surface area contributed by atoms with Gasteiger partial charge in [0, 0.05) is 54.9 Å². The van der Waals surface area contributed by atoms with Crippen LogP contribution in [0.15, 0.2) is 261 Å². The Morgan fingerprint density at radius 3 is 1.17 bits per heavy atom. The number of nitrogens with zero attached hydrogens (tertiary/aromatic N) is 5. The van der Waals surface area contributed by atoms with E-state index in [1.165, 1.54) is 32.6 Å². The predicted octanol–water partition coefficient (Wildman–Crippen LogP) is 17.2. The van der Waals surface area contributed by atoms with Crippen LogP contribution in [0.2, 0.25) is 0 Å². The maximum absolute atomic E-state index is 5.33. The molecule has 5 heteroatoms. The number of fused-ring (bicyclic) bond motifs is 7. The van der Waals surface area contributed by atoms with Crippen molar-refractivity contribution in [3.05, 3.63) is 261 Å². The molecule has 0 radical (unpaired) electrons. The van der Waals surface area contributed by atoms with Crippen LogP contribution in [0.5, 0.6) is 0 Å². The summed E-state index contributed by atoms with van der Waals surface area (Å²) in [7, 11) is 0. The van der Waals surface area contributed by atoms with Gasteiger partial charge >= 0.3 is 0 Å². The Balaban J connectivity index is 0.942. The molecule has 14 rings (SSSR count). The Kier molecular flexibility index (Phi) is 9.78. The average Bonchev–Trinajstić information content (AvgIpc) is 3.98. The average molecular weight is 918 g/mol. The van der Waals surface area contributed by atoms with Crippen molar-refractivity contribution in [3.8, 4) is 78.9 Å². The summed E-state index contributed by atoms with van der Waals surface area (Å²) in [5.74, 6) is 1.83. The van der Waals surface area contributed by atoms with Crippen molar-refractivity contribution < 1.29 is 0 Å². The molecule has 72 heavy (non-hydrogen) atoms. The number of benzene rings is 11. The quantitative estimate of drug-likeness (QED) is 0.153. The predicted molar refractivity (Wildman–Crippen MR) is 299 cm³/mol. The fourth-order valence-electron chi connectivity index (χ4n) is 10.8. The molecule has 14 aromatic rings. The third-order valence-corrected chi connectivity index (χ3v) is 14.2. The molecule has 3 heterocycles. The molecular weight excluding hydrogens is 875 g/mol. The number of aromatic nitrogens is 5. The molecule has 0 N–H and O–H groups in total. The highest BCUT2D eigenvalue weighted by Crippen LogP contribution is 2.43. The lowest BCUT2D eigenvalue weighted by atomic mass is 9.93. The summed E-state index contributed by atoms with van der Waals surface area (Å²) in [5.41, 5.74) is 16.4. The topological polar surface area (TPSA) is 48.5 Å². The van der Waals surface area contributed by atoms with Gasteiger partial charge in [0.25, 0.3) is 0 Å². The fourth-order valence-corrected chi connectivity index (χ4v) is 10.8. The molecule has 0 atom stereocenters. The molecule has 0 bridgehead atoms. The third kappa shape index (κ3) is 6.90. The van der Waals surface area contributed by atoms with Gasteiger partial charge in [0.2, 0.25) is 0 Å². The first kappa shape index (κ1) is 41.3. The smallest absolute Gasteiger partial charge is 0.164 e. The number of rotatable bonds is 8. The molecule has 3 aromatic heterocycles. The van der Waals surface area contributed by atoms with E-state index < -0.39 is 0 Å². The van der Waals surface area contributed by atoms with Gasteiger partial charge < -0.3 is 9.13 Å². The largest absolute Gasteiger partial charge is 0.309 e. The van der Waals surface area contributed by atoms with E-state index in [0.717, 1.165) is 83.3 Å². The molecule has 11 aromatic carbocycles. The molecule has 336 valence electrons. The molecule has 0 spiro atoms. The van der Waals surface area contributed by atoms with Crippen molar-refractivity contribution in [2.75, 3.05) is 0 Å². The van der Waals surface area contributed by atoms with E-state index in [-0.39, 0.29) is 0 Å². The van der Waals surface area contributed by atoms with Crippen LogP contribution in [0.1, 0.15) is 0 Å². The molecule has 0 aliphatic heterocycles. The minimum absolute atomic E-state index is 0.604. The molecular formula is C67H43N5. The minimum Gasteiger partial charge on any atom is -0.309 e. The van der Waals surface area contributed by atoms with Crippen molar-refractivity contribution in [2.45, 2.75) is 0 Å². The van der Waals surface area contributed by atoms with E-state index in [1.807, 2.05) is 18.2 Å². The van der Waals surface area contributed by atoms with Gasteiger partial charge in [-0.15, -0.1) is 0 Å². The minimum atomic E-state index is 0.604. The summed E-state index contributed by atoms with van der Waals surface area (Å²) in [6.45, 7) is 0. The van der Waals surface area contributed by atoms with Crippen LogP contribution in [0.25, 0.3) is 133 Å². The van der Waals surface area contributed by atoms with Crippen LogP contribution in [0, 0.1) is 0 Å². The van der Waals surface area contributed by atoms with Gasteiger partial charge in [0.05, 0.1) is 33.4 Å². The fraction of sp³-hybridized carbons (Fsp3) is 0. The lowest BCUT2D eigenvalue weighted by molar-refractivity contribution is 1.07. The highest BCUT2D eigenvalue weighted by molar-refractivity contribution is 6.11. The van der Waals surface area contributed by atoms with E-state index in [4.69, 9.17) is 15.0 Å². The van der Waals surface area contributed by atoms with Gasteiger partial charge in [-0.1, -0.05) is 206 Å². The van der Waals surface area contributed by atoms with E-state index in [9.17, 15) is 0 Å². The number of para-hydroxylation sites is 5. The zero-order chi connectivity index (χ0) is 47.5. The van der Waals surface area contributed by atoms with Crippen molar-refractivity contribution in [2.24, 2.45) is 0 Å².